The molecule has 0 aliphatic carbocycles. The van der Waals surface area contributed by atoms with Gasteiger partial charge in [-0.3, -0.25) is 24.1 Å². The maximum absolute atomic E-state index is 11.8. The number of benzene rings is 1. The Kier molecular flexibility index (Phi) is 4.02. The summed E-state index contributed by atoms with van der Waals surface area (Å²) in [5.41, 5.74) is 0.642. The Morgan fingerprint density at radius 1 is 1.19 bits per heavy atom. The first-order valence-corrected chi connectivity index (χ1v) is 6.23. The second-order valence-electron chi connectivity index (χ2n) is 4.69. The minimum Gasteiger partial charge on any atom is -0.454 e. The monoisotopic (exact) mass is 290 g/mol. The van der Waals surface area contributed by atoms with E-state index in [0.29, 0.717) is 5.69 Å². The predicted octanol–water partition coefficient (Wildman–Crippen LogP) is -0.153. The molecule has 2 amide bonds. The zero-order valence-corrected chi connectivity index (χ0v) is 11.7. The highest BCUT2D eigenvalue weighted by Crippen LogP contribution is 2.28. The molecule has 1 heterocycles. The maximum Gasteiger partial charge on any atom is 0.326 e. The SMILES string of the molecule is CN(C)C(=O)COC(=O)CN1C(=O)C(=O)c2ccccc21. The Balaban J connectivity index is 2.03. The van der Waals surface area contributed by atoms with Gasteiger partial charge in [-0.2, -0.15) is 0 Å². The van der Waals surface area contributed by atoms with E-state index in [1.165, 1.54) is 25.1 Å². The highest BCUT2D eigenvalue weighted by Gasteiger charge is 2.36. The van der Waals surface area contributed by atoms with Gasteiger partial charge >= 0.3 is 5.97 Å². The Morgan fingerprint density at radius 2 is 1.86 bits per heavy atom. The van der Waals surface area contributed by atoms with E-state index in [1.54, 1.807) is 18.2 Å². The van der Waals surface area contributed by atoms with E-state index in [-0.39, 0.29) is 11.5 Å². The van der Waals surface area contributed by atoms with Crippen molar-refractivity contribution in [3.63, 3.8) is 0 Å². The van der Waals surface area contributed by atoms with Crippen LogP contribution in [-0.2, 0) is 19.1 Å². The molecule has 0 spiro atoms. The van der Waals surface area contributed by atoms with Crippen LogP contribution in [0.5, 0.6) is 0 Å². The average Bonchev–Trinajstić information content (AvgIpc) is 2.70. The van der Waals surface area contributed by atoms with E-state index < -0.39 is 30.8 Å². The molecular formula is C14H14N2O5. The fourth-order valence-electron chi connectivity index (χ4n) is 1.85. The van der Waals surface area contributed by atoms with Gasteiger partial charge in [0.15, 0.2) is 6.61 Å². The van der Waals surface area contributed by atoms with Crippen LogP contribution in [0.15, 0.2) is 24.3 Å². The molecular weight excluding hydrogens is 276 g/mol. The van der Waals surface area contributed by atoms with E-state index in [4.69, 9.17) is 4.74 Å². The van der Waals surface area contributed by atoms with Crippen molar-refractivity contribution in [1.29, 1.82) is 0 Å². The number of nitrogens with zero attached hydrogens (tertiary/aromatic N) is 2. The lowest BCUT2D eigenvalue weighted by Crippen LogP contribution is -2.37. The smallest absolute Gasteiger partial charge is 0.326 e. The largest absolute Gasteiger partial charge is 0.454 e. The third kappa shape index (κ3) is 2.91. The van der Waals surface area contributed by atoms with Crippen molar-refractivity contribution in [1.82, 2.24) is 4.90 Å². The van der Waals surface area contributed by atoms with Crippen LogP contribution in [0.3, 0.4) is 0 Å². The first-order valence-electron chi connectivity index (χ1n) is 6.23. The second-order valence-corrected chi connectivity index (χ2v) is 4.69. The van der Waals surface area contributed by atoms with Crippen molar-refractivity contribution in [3.05, 3.63) is 29.8 Å². The minimum atomic E-state index is -0.771. The van der Waals surface area contributed by atoms with Crippen molar-refractivity contribution in [3.8, 4) is 0 Å². The number of hydrogen-bond donors (Lipinski definition) is 0. The number of hydrogen-bond acceptors (Lipinski definition) is 5. The first kappa shape index (κ1) is 14.7. The van der Waals surface area contributed by atoms with Crippen molar-refractivity contribution in [2.75, 3.05) is 32.1 Å². The van der Waals surface area contributed by atoms with Crippen molar-refractivity contribution in [2.24, 2.45) is 0 Å². The fraction of sp³-hybridized carbons (Fsp3) is 0.286. The molecule has 0 N–H and O–H groups in total. The second kappa shape index (κ2) is 5.74. The third-order valence-electron chi connectivity index (χ3n) is 3.02. The Labute approximate surface area is 121 Å². The lowest BCUT2D eigenvalue weighted by Gasteiger charge is -2.16. The molecule has 0 fully saturated rings. The normalized spacial score (nSPS) is 13.1. The van der Waals surface area contributed by atoms with Gasteiger partial charge in [-0.1, -0.05) is 12.1 Å². The summed E-state index contributed by atoms with van der Waals surface area (Å²) in [5.74, 6) is -2.54. The van der Waals surface area contributed by atoms with Crippen LogP contribution in [0.25, 0.3) is 0 Å². The van der Waals surface area contributed by atoms with E-state index in [0.717, 1.165) is 4.90 Å². The summed E-state index contributed by atoms with van der Waals surface area (Å²) in [5, 5.41) is 0. The number of ether oxygens (including phenoxy) is 1. The molecule has 0 bridgehead atoms. The van der Waals surface area contributed by atoms with Crippen LogP contribution in [0.4, 0.5) is 5.69 Å². The molecule has 21 heavy (non-hydrogen) atoms. The molecule has 0 unspecified atom stereocenters. The van der Waals surface area contributed by atoms with Gasteiger partial charge in [0.25, 0.3) is 17.6 Å². The number of amides is 2. The Morgan fingerprint density at radius 3 is 2.52 bits per heavy atom. The number of rotatable bonds is 4. The quantitative estimate of drug-likeness (QED) is 0.568. The summed E-state index contributed by atoms with van der Waals surface area (Å²) >= 11 is 0. The van der Waals surface area contributed by atoms with Gasteiger partial charge in [0.2, 0.25) is 0 Å². The van der Waals surface area contributed by atoms with Crippen molar-refractivity contribution in [2.45, 2.75) is 0 Å². The maximum atomic E-state index is 11.8. The number of fused-ring (bicyclic) bond motifs is 1. The molecule has 110 valence electrons. The molecule has 0 saturated heterocycles. The number of para-hydroxylation sites is 1. The topological polar surface area (TPSA) is 84.0 Å². The van der Waals surface area contributed by atoms with Gasteiger partial charge in [-0.15, -0.1) is 0 Å². The number of ketones is 1. The van der Waals surface area contributed by atoms with Crippen LogP contribution < -0.4 is 4.90 Å². The van der Waals surface area contributed by atoms with Crippen LogP contribution in [0.2, 0.25) is 0 Å². The van der Waals surface area contributed by atoms with Gasteiger partial charge in [-0.25, -0.2) is 0 Å². The van der Waals surface area contributed by atoms with Crippen molar-refractivity contribution < 1.29 is 23.9 Å². The van der Waals surface area contributed by atoms with Gasteiger partial charge < -0.3 is 9.64 Å². The molecule has 7 heteroatoms. The minimum absolute atomic E-state index is 0.264. The van der Waals surface area contributed by atoms with Crippen LogP contribution >= 0.6 is 0 Å². The summed E-state index contributed by atoms with van der Waals surface area (Å²) in [4.78, 5) is 48.9. The Bertz CT molecular complexity index is 624. The highest BCUT2D eigenvalue weighted by molar-refractivity contribution is 6.52. The Hall–Kier alpha value is -2.70. The zero-order chi connectivity index (χ0) is 15.6. The number of carbonyl (C=O) groups excluding carboxylic acids is 4. The number of likely N-dealkylation sites (N-methyl/N-ethyl adjacent to an activating group) is 1. The van der Waals surface area contributed by atoms with Crippen molar-refractivity contribution >= 4 is 29.3 Å². The number of Topliss-reactive ketones (excluding diaryl/α,β-unsaturated/α-hetero) is 1. The molecule has 1 aromatic carbocycles. The molecule has 0 saturated carbocycles. The fourth-order valence-corrected chi connectivity index (χ4v) is 1.85. The molecule has 7 nitrogen and oxygen atoms in total. The number of carbonyl (C=O) groups is 4. The predicted molar refractivity (Wildman–Crippen MR) is 72.8 cm³/mol. The van der Waals surface area contributed by atoms with Gasteiger partial charge in [0.05, 0.1) is 11.3 Å². The summed E-state index contributed by atoms with van der Waals surface area (Å²) < 4.78 is 4.79. The molecule has 0 aromatic heterocycles. The molecule has 0 atom stereocenters. The number of anilines is 1. The van der Waals surface area contributed by atoms with Gasteiger partial charge in [0, 0.05) is 14.1 Å². The molecule has 1 aromatic rings. The zero-order valence-electron chi connectivity index (χ0n) is 11.7. The van der Waals surface area contributed by atoms with Crippen LogP contribution in [0.1, 0.15) is 10.4 Å². The van der Waals surface area contributed by atoms with Gasteiger partial charge in [-0.05, 0) is 12.1 Å². The molecule has 0 radical (unpaired) electrons. The summed E-state index contributed by atoms with van der Waals surface area (Å²) in [6, 6.07) is 6.41. The lowest BCUT2D eigenvalue weighted by atomic mass is 10.1. The first-order chi connectivity index (χ1) is 9.91. The number of esters is 1. The van der Waals surface area contributed by atoms with E-state index >= 15 is 0 Å². The van der Waals surface area contributed by atoms with Gasteiger partial charge in [0.1, 0.15) is 6.54 Å². The summed E-state index contributed by atoms with van der Waals surface area (Å²) in [6.07, 6.45) is 0. The molecule has 1 aliphatic rings. The van der Waals surface area contributed by atoms with Crippen LogP contribution in [-0.4, -0.2) is 55.7 Å². The highest BCUT2D eigenvalue weighted by atomic mass is 16.5. The average molecular weight is 290 g/mol. The van der Waals surface area contributed by atoms with Crippen LogP contribution in [0, 0.1) is 0 Å². The van der Waals surface area contributed by atoms with E-state index in [1.807, 2.05) is 0 Å². The lowest BCUT2D eigenvalue weighted by molar-refractivity contribution is -0.150. The molecule has 1 aliphatic heterocycles. The summed E-state index contributed by atoms with van der Waals surface area (Å²) in [6.45, 7) is -0.800. The molecule has 2 rings (SSSR count). The third-order valence-corrected chi connectivity index (χ3v) is 3.02. The van der Waals surface area contributed by atoms with E-state index in [9.17, 15) is 19.2 Å². The summed E-state index contributed by atoms with van der Waals surface area (Å²) in [7, 11) is 3.07. The standard InChI is InChI=1S/C14H14N2O5/c1-15(2)11(17)8-21-12(18)7-16-10-6-4-3-5-9(10)13(19)14(16)20/h3-6H,7-8H2,1-2H3. The van der Waals surface area contributed by atoms with E-state index in [2.05, 4.69) is 0 Å².